The fourth-order valence-electron chi connectivity index (χ4n) is 4.02. The van der Waals surface area contributed by atoms with E-state index in [1.807, 2.05) is 63.4 Å². The Bertz CT molecular complexity index is 1220. The first kappa shape index (κ1) is 33.9. The average Bonchev–Trinajstić information content (AvgIpc) is 3.37. The second kappa shape index (κ2) is 17.5. The zero-order chi connectivity index (χ0) is 28.2. The van der Waals surface area contributed by atoms with Crippen LogP contribution in [0.4, 0.5) is 0 Å². The minimum Gasteiger partial charge on any atom is -0.655 e. The van der Waals surface area contributed by atoms with Crippen LogP contribution in [0.15, 0.2) is 71.7 Å². The Morgan fingerprint density at radius 1 is 1.07 bits per heavy atom. The number of aliphatic imine (C=N–C) groups is 1. The van der Waals surface area contributed by atoms with Gasteiger partial charge in [-0.15, -0.1) is 6.54 Å². The van der Waals surface area contributed by atoms with E-state index in [0.29, 0.717) is 17.4 Å². The minimum atomic E-state index is -0.135. The van der Waals surface area contributed by atoms with Crippen molar-refractivity contribution in [3.05, 3.63) is 105 Å². The second-order valence-corrected chi connectivity index (χ2v) is 9.80. The molecule has 1 aliphatic rings. The molecule has 0 fully saturated rings. The van der Waals surface area contributed by atoms with Gasteiger partial charge in [0.1, 0.15) is 11.5 Å². The second-order valence-electron chi connectivity index (χ2n) is 9.36. The Labute approximate surface area is 268 Å². The van der Waals surface area contributed by atoms with Gasteiger partial charge in [-0.3, -0.25) is 0 Å². The first-order valence-electron chi connectivity index (χ1n) is 13.0. The maximum Gasteiger partial charge on any atom is 0.130 e. The largest absolute Gasteiger partial charge is 0.655 e. The first-order valence-corrected chi connectivity index (χ1v) is 13.4. The van der Waals surface area contributed by atoms with E-state index in [-0.39, 0.29) is 50.9 Å². The molecule has 1 aliphatic heterocycles. The Kier molecular flexibility index (Phi) is 14.8. The molecule has 211 valence electrons. The van der Waals surface area contributed by atoms with E-state index in [1.165, 1.54) is 5.56 Å². The molecule has 40 heavy (non-hydrogen) atoms. The summed E-state index contributed by atoms with van der Waals surface area (Å²) >= 11 is 6.12. The number of halogens is 1. The van der Waals surface area contributed by atoms with Gasteiger partial charge in [-0.25, -0.2) is 0 Å². The monoisotopic (exact) mass is 637 g/mol. The minimum absolute atomic E-state index is 0. The number of aldehydes is 1. The molecule has 7 nitrogen and oxygen atoms in total. The topological polar surface area (TPSA) is 88.1 Å². The summed E-state index contributed by atoms with van der Waals surface area (Å²) in [6.45, 7) is 8.01. The molecule has 0 spiro atoms. The van der Waals surface area contributed by atoms with Crippen LogP contribution in [0.25, 0.3) is 10.6 Å². The van der Waals surface area contributed by atoms with Crippen LogP contribution in [0.5, 0.6) is 11.5 Å². The zero-order valence-electron chi connectivity index (χ0n) is 23.8. The summed E-state index contributed by atoms with van der Waals surface area (Å²) in [7, 11) is 3.51. The number of aryl methyl sites for hydroxylation is 1. The van der Waals surface area contributed by atoms with Crippen LogP contribution in [0.2, 0.25) is 5.02 Å². The number of nitrogens with one attached hydrogen (secondary N) is 1. The Morgan fingerprint density at radius 3 is 2.35 bits per heavy atom. The van der Waals surface area contributed by atoms with Gasteiger partial charge < -0.3 is 35.2 Å². The molecule has 0 aromatic heterocycles. The molecule has 1 heterocycles. The molecule has 9 heteroatoms. The number of methoxy groups -OCH3 is 1. The van der Waals surface area contributed by atoms with Crippen LogP contribution in [-0.4, -0.2) is 52.0 Å². The smallest absolute Gasteiger partial charge is 0.130 e. The van der Waals surface area contributed by atoms with Gasteiger partial charge in [0.2, 0.25) is 0 Å². The van der Waals surface area contributed by atoms with Crippen molar-refractivity contribution in [2.24, 2.45) is 4.99 Å². The quantitative estimate of drug-likeness (QED) is 0.184. The third-order valence-corrected chi connectivity index (χ3v) is 6.22. The summed E-state index contributed by atoms with van der Waals surface area (Å²) in [5.74, 6) is 2.14. The van der Waals surface area contributed by atoms with Gasteiger partial charge in [-0.1, -0.05) is 65.9 Å². The van der Waals surface area contributed by atoms with Crippen molar-refractivity contribution in [1.82, 2.24) is 5.32 Å². The molecular weight excluding hydrogens is 601 g/mol. The number of hydrogen-bond acceptors (Lipinski definition) is 5. The average molecular weight is 638 g/mol. The summed E-state index contributed by atoms with van der Waals surface area (Å²) < 4.78 is 11.5. The summed E-state index contributed by atoms with van der Waals surface area (Å²) in [5, 5.41) is 12.5. The van der Waals surface area contributed by atoms with Crippen molar-refractivity contribution in [3.63, 3.8) is 0 Å². The van der Waals surface area contributed by atoms with Gasteiger partial charge in [-0.2, -0.15) is 0 Å². The molecule has 0 saturated carbocycles. The van der Waals surface area contributed by atoms with Crippen molar-refractivity contribution in [2.75, 3.05) is 33.8 Å². The maximum absolute atomic E-state index is 9.65. The van der Waals surface area contributed by atoms with Crippen molar-refractivity contribution < 1.29 is 47.0 Å². The summed E-state index contributed by atoms with van der Waals surface area (Å²) in [4.78, 5) is 14.7. The van der Waals surface area contributed by atoms with Crippen molar-refractivity contribution in [2.45, 2.75) is 39.0 Å². The Hall–Kier alpha value is -2.29. The molecule has 2 atom stereocenters. The van der Waals surface area contributed by atoms with E-state index in [0.717, 1.165) is 47.6 Å². The first-order chi connectivity index (χ1) is 18.9. The van der Waals surface area contributed by atoms with E-state index < -0.39 is 0 Å². The standard InChI is InChI=1S/C26H26ClN2O2.C5H11N2O.Y/c1-16(2)31-23-15-21(30-4)13-14-22(23)26-28-24(18-7-5-17(3)6-8-18)25(29-26)19-9-11-20(27)12-10-19;1-6-2-3-7-4-5-8;/h5-16,24-25H,1-4H3;5-6H,2-4H2,1H3;/q2*-1;. The van der Waals surface area contributed by atoms with Gasteiger partial charge in [-0.05, 0) is 81.8 Å². The van der Waals surface area contributed by atoms with Crippen LogP contribution in [-0.2, 0) is 37.5 Å². The van der Waals surface area contributed by atoms with E-state index >= 15 is 0 Å². The van der Waals surface area contributed by atoms with Crippen molar-refractivity contribution >= 4 is 23.7 Å². The van der Waals surface area contributed by atoms with Crippen LogP contribution in [0.3, 0.4) is 0 Å². The van der Waals surface area contributed by atoms with Crippen LogP contribution in [0, 0.1) is 6.92 Å². The van der Waals surface area contributed by atoms with Crippen LogP contribution in [0.1, 0.15) is 48.2 Å². The van der Waals surface area contributed by atoms with Gasteiger partial charge in [0.25, 0.3) is 0 Å². The summed E-state index contributed by atoms with van der Waals surface area (Å²) in [6.07, 6.45) is 0.822. The normalized spacial score (nSPS) is 15.7. The molecule has 0 bridgehead atoms. The Balaban J connectivity index is 0.000000546. The van der Waals surface area contributed by atoms with E-state index in [2.05, 4.69) is 41.8 Å². The molecule has 4 rings (SSSR count). The predicted molar refractivity (Wildman–Crippen MR) is 160 cm³/mol. The van der Waals surface area contributed by atoms with E-state index in [4.69, 9.17) is 31.4 Å². The SMILES string of the molecule is CNCC[N-]CC=O.COc1ccc(C2=NC(c3ccc(C)cc3)C(c3ccc(Cl)cc3)[N-]2)c(OC(C)C)c1.[Y]. The number of carbonyl (C=O) groups excluding carboxylic acids is 1. The number of rotatable bonds is 11. The molecule has 0 saturated heterocycles. The molecule has 0 aliphatic carbocycles. The van der Waals surface area contributed by atoms with E-state index in [1.54, 1.807) is 7.11 Å². The number of hydrogen-bond donors (Lipinski definition) is 1. The maximum atomic E-state index is 9.65. The number of likely N-dealkylation sites (N-methyl/N-ethyl adjacent to an activating group) is 1. The van der Waals surface area contributed by atoms with Crippen LogP contribution >= 0.6 is 11.6 Å². The van der Waals surface area contributed by atoms with Gasteiger partial charge in [0, 0.05) is 49.4 Å². The summed E-state index contributed by atoms with van der Waals surface area (Å²) in [6, 6.07) is 21.9. The van der Waals surface area contributed by atoms with Gasteiger partial charge in [0.05, 0.1) is 19.5 Å². The zero-order valence-corrected chi connectivity index (χ0v) is 27.4. The number of amidine groups is 1. The predicted octanol–water partition coefficient (Wildman–Crippen LogP) is 6.84. The fourth-order valence-corrected chi connectivity index (χ4v) is 4.14. The fraction of sp³-hybridized carbons (Fsp3) is 0.355. The van der Waals surface area contributed by atoms with Crippen LogP contribution < -0.4 is 14.8 Å². The van der Waals surface area contributed by atoms with Gasteiger partial charge >= 0.3 is 0 Å². The Morgan fingerprint density at radius 2 is 1.75 bits per heavy atom. The molecule has 0 amide bonds. The number of benzene rings is 3. The number of nitrogens with zero attached hydrogens (tertiary/aromatic N) is 3. The molecule has 1 N–H and O–H groups in total. The third kappa shape index (κ3) is 9.97. The summed E-state index contributed by atoms with van der Waals surface area (Å²) in [5.41, 5.74) is 4.29. The van der Waals surface area contributed by atoms with Gasteiger partial charge in [0.15, 0.2) is 0 Å². The van der Waals surface area contributed by atoms with Crippen molar-refractivity contribution in [3.8, 4) is 11.5 Å². The van der Waals surface area contributed by atoms with E-state index in [9.17, 15) is 4.79 Å². The number of ether oxygens (including phenoxy) is 2. The molecule has 3 aromatic rings. The molecular formula is C31H37ClN4O3Y-2. The molecule has 3 aromatic carbocycles. The molecule has 1 radical (unpaired) electrons. The third-order valence-electron chi connectivity index (χ3n) is 5.97. The van der Waals surface area contributed by atoms with Crippen molar-refractivity contribution in [1.29, 1.82) is 0 Å². The molecule has 2 unspecified atom stereocenters. The number of carbonyl (C=O) groups is 1.